The smallest absolute Gasteiger partial charge is 0.243 e. The lowest BCUT2D eigenvalue weighted by Crippen LogP contribution is -2.53. The van der Waals surface area contributed by atoms with Crippen LogP contribution in [0.4, 0.5) is 0 Å². The summed E-state index contributed by atoms with van der Waals surface area (Å²) in [5.74, 6) is 0.0488. The fourth-order valence-corrected chi connectivity index (χ4v) is 2.89. The summed E-state index contributed by atoms with van der Waals surface area (Å²) >= 11 is 0. The van der Waals surface area contributed by atoms with Gasteiger partial charge in [-0.05, 0) is 19.3 Å². The van der Waals surface area contributed by atoms with Crippen molar-refractivity contribution in [1.29, 1.82) is 5.26 Å². The number of hydrogen-bond acceptors (Lipinski definition) is 3. The summed E-state index contributed by atoms with van der Waals surface area (Å²) < 4.78 is 5.41. The second kappa shape index (κ2) is 5.05. The molecule has 0 radical (unpaired) electrons. The molecule has 2 fully saturated rings. The number of nitrogens with zero attached hydrogens (tertiary/aromatic N) is 2. The molecular weight excluding hydrogens is 216 g/mol. The highest BCUT2D eigenvalue weighted by Crippen LogP contribution is 2.39. The largest absolute Gasteiger partial charge is 0.377 e. The molecule has 1 amide bonds. The van der Waals surface area contributed by atoms with Crippen LogP contribution in [-0.4, -0.2) is 36.6 Å². The topological polar surface area (TPSA) is 53.3 Å². The highest BCUT2D eigenvalue weighted by molar-refractivity contribution is 5.86. The Morgan fingerprint density at radius 3 is 2.82 bits per heavy atom. The lowest BCUT2D eigenvalue weighted by molar-refractivity contribution is -0.147. The van der Waals surface area contributed by atoms with E-state index in [0.29, 0.717) is 19.8 Å². The van der Waals surface area contributed by atoms with Crippen LogP contribution in [-0.2, 0) is 9.53 Å². The van der Waals surface area contributed by atoms with E-state index in [1.54, 1.807) is 0 Å². The maximum absolute atomic E-state index is 12.6. The van der Waals surface area contributed by atoms with E-state index in [1.165, 1.54) is 0 Å². The zero-order chi connectivity index (χ0) is 12.3. The number of ether oxygens (including phenoxy) is 1. The van der Waals surface area contributed by atoms with Gasteiger partial charge in [-0.25, -0.2) is 0 Å². The van der Waals surface area contributed by atoms with Gasteiger partial charge in [0.25, 0.3) is 0 Å². The molecule has 2 aliphatic rings. The third kappa shape index (κ3) is 2.16. The van der Waals surface area contributed by atoms with Gasteiger partial charge in [0.05, 0.1) is 25.3 Å². The number of rotatable bonds is 2. The fourth-order valence-electron chi connectivity index (χ4n) is 2.89. The molecule has 1 saturated carbocycles. The number of carbonyl (C=O) groups excluding carboxylic acids is 1. The van der Waals surface area contributed by atoms with Crippen LogP contribution in [0.1, 0.15) is 39.0 Å². The normalized spacial score (nSPS) is 27.8. The Labute approximate surface area is 103 Å². The van der Waals surface area contributed by atoms with Crippen molar-refractivity contribution in [2.45, 2.75) is 45.1 Å². The summed E-state index contributed by atoms with van der Waals surface area (Å²) in [6.07, 6.45) is 4.36. The zero-order valence-corrected chi connectivity index (χ0v) is 10.4. The first-order chi connectivity index (χ1) is 8.23. The van der Waals surface area contributed by atoms with E-state index < -0.39 is 5.41 Å². The second-order valence-electron chi connectivity index (χ2n) is 5.04. The minimum atomic E-state index is -0.731. The van der Waals surface area contributed by atoms with Crippen LogP contribution in [0.25, 0.3) is 0 Å². The Balaban J connectivity index is 2.15. The molecule has 0 bridgehead atoms. The Hall–Kier alpha value is -1.08. The van der Waals surface area contributed by atoms with E-state index in [9.17, 15) is 10.1 Å². The van der Waals surface area contributed by atoms with Gasteiger partial charge in [-0.15, -0.1) is 0 Å². The second-order valence-corrected chi connectivity index (χ2v) is 5.04. The highest BCUT2D eigenvalue weighted by atomic mass is 16.5. The molecule has 1 aliphatic heterocycles. The maximum atomic E-state index is 12.6. The van der Waals surface area contributed by atoms with Crippen molar-refractivity contribution in [3.05, 3.63) is 0 Å². The van der Waals surface area contributed by atoms with E-state index in [-0.39, 0.29) is 11.9 Å². The number of nitriles is 1. The van der Waals surface area contributed by atoms with Gasteiger partial charge >= 0.3 is 0 Å². The van der Waals surface area contributed by atoms with Crippen molar-refractivity contribution in [3.63, 3.8) is 0 Å². The molecule has 17 heavy (non-hydrogen) atoms. The molecule has 0 aromatic carbocycles. The van der Waals surface area contributed by atoms with E-state index in [1.807, 2.05) is 4.90 Å². The molecule has 0 aromatic heterocycles. The predicted molar refractivity (Wildman–Crippen MR) is 63.1 cm³/mol. The number of morpholine rings is 1. The lowest BCUT2D eigenvalue weighted by Gasteiger charge is -2.38. The molecule has 0 spiro atoms. The van der Waals surface area contributed by atoms with Crippen LogP contribution >= 0.6 is 0 Å². The van der Waals surface area contributed by atoms with E-state index in [4.69, 9.17) is 4.74 Å². The van der Waals surface area contributed by atoms with Gasteiger partial charge in [-0.2, -0.15) is 5.26 Å². The SMILES string of the molecule is CCC1COCCN1C(=O)C1(C#N)CCCC1. The van der Waals surface area contributed by atoms with Crippen LogP contribution in [0.3, 0.4) is 0 Å². The van der Waals surface area contributed by atoms with Gasteiger partial charge in [-0.3, -0.25) is 4.79 Å². The first-order valence-corrected chi connectivity index (χ1v) is 6.53. The van der Waals surface area contributed by atoms with Gasteiger partial charge in [0.2, 0.25) is 5.91 Å². The van der Waals surface area contributed by atoms with Crippen LogP contribution in [0.2, 0.25) is 0 Å². The summed E-state index contributed by atoms with van der Waals surface area (Å²) in [6, 6.07) is 2.44. The Kier molecular flexibility index (Phi) is 3.68. The summed E-state index contributed by atoms with van der Waals surface area (Å²) in [7, 11) is 0. The van der Waals surface area contributed by atoms with Crippen LogP contribution in [0, 0.1) is 16.7 Å². The fraction of sp³-hybridized carbons (Fsp3) is 0.846. The summed E-state index contributed by atoms with van der Waals surface area (Å²) in [4.78, 5) is 14.5. The Bertz CT molecular complexity index is 329. The molecule has 1 aliphatic carbocycles. The molecular formula is C13H20N2O2. The summed E-state index contributed by atoms with van der Waals surface area (Å²) in [5, 5.41) is 9.35. The molecule has 1 unspecified atom stereocenters. The minimum Gasteiger partial charge on any atom is -0.377 e. The lowest BCUT2D eigenvalue weighted by atomic mass is 9.85. The molecule has 1 atom stereocenters. The molecule has 1 saturated heterocycles. The average molecular weight is 236 g/mol. The highest BCUT2D eigenvalue weighted by Gasteiger charge is 2.45. The number of hydrogen-bond donors (Lipinski definition) is 0. The van der Waals surface area contributed by atoms with Crippen molar-refractivity contribution in [2.75, 3.05) is 19.8 Å². The Morgan fingerprint density at radius 1 is 1.53 bits per heavy atom. The van der Waals surface area contributed by atoms with Gasteiger partial charge in [0.15, 0.2) is 0 Å². The average Bonchev–Trinajstić information content (AvgIpc) is 2.88. The molecule has 4 nitrogen and oxygen atoms in total. The molecule has 0 N–H and O–H groups in total. The first kappa shape index (κ1) is 12.4. The standard InChI is InChI=1S/C13H20N2O2/c1-2-11-9-17-8-7-15(11)12(16)13(10-14)5-3-4-6-13/h11H,2-9H2,1H3. The van der Waals surface area contributed by atoms with Crippen LogP contribution in [0.15, 0.2) is 0 Å². The van der Waals surface area contributed by atoms with Gasteiger partial charge < -0.3 is 9.64 Å². The van der Waals surface area contributed by atoms with Crippen molar-refractivity contribution < 1.29 is 9.53 Å². The van der Waals surface area contributed by atoms with Crippen molar-refractivity contribution in [3.8, 4) is 6.07 Å². The Morgan fingerprint density at radius 2 is 2.24 bits per heavy atom. The zero-order valence-electron chi connectivity index (χ0n) is 10.4. The van der Waals surface area contributed by atoms with E-state index in [0.717, 1.165) is 32.1 Å². The first-order valence-electron chi connectivity index (χ1n) is 6.53. The van der Waals surface area contributed by atoms with Gasteiger partial charge in [0, 0.05) is 6.54 Å². The van der Waals surface area contributed by atoms with Gasteiger partial charge in [-0.1, -0.05) is 19.8 Å². The van der Waals surface area contributed by atoms with Crippen molar-refractivity contribution >= 4 is 5.91 Å². The van der Waals surface area contributed by atoms with Crippen molar-refractivity contribution in [1.82, 2.24) is 4.90 Å². The predicted octanol–water partition coefficient (Wildman–Crippen LogP) is 1.71. The van der Waals surface area contributed by atoms with Gasteiger partial charge in [0.1, 0.15) is 5.41 Å². The number of amides is 1. The molecule has 1 heterocycles. The van der Waals surface area contributed by atoms with E-state index >= 15 is 0 Å². The monoisotopic (exact) mass is 236 g/mol. The van der Waals surface area contributed by atoms with Crippen LogP contribution < -0.4 is 0 Å². The molecule has 0 aromatic rings. The van der Waals surface area contributed by atoms with E-state index in [2.05, 4.69) is 13.0 Å². The third-order valence-electron chi connectivity index (χ3n) is 4.04. The quantitative estimate of drug-likeness (QED) is 0.733. The molecule has 4 heteroatoms. The minimum absolute atomic E-state index is 0.0488. The number of carbonyl (C=O) groups is 1. The van der Waals surface area contributed by atoms with Crippen molar-refractivity contribution in [2.24, 2.45) is 5.41 Å². The summed E-state index contributed by atoms with van der Waals surface area (Å²) in [5.41, 5.74) is -0.731. The maximum Gasteiger partial charge on any atom is 0.243 e. The van der Waals surface area contributed by atoms with Crippen LogP contribution in [0.5, 0.6) is 0 Å². The molecule has 94 valence electrons. The third-order valence-corrected chi connectivity index (χ3v) is 4.04. The summed E-state index contributed by atoms with van der Waals surface area (Å²) in [6.45, 7) is 3.92. The molecule has 2 rings (SSSR count).